The molecule has 0 fully saturated rings. The van der Waals surface area contributed by atoms with Crippen LogP contribution in [0.15, 0.2) is 57.9 Å². The number of anilines is 1. The highest BCUT2D eigenvalue weighted by molar-refractivity contribution is 7.98. The molecule has 136 valence electrons. The number of amides is 1. The monoisotopic (exact) mass is 396 g/mol. The Balaban J connectivity index is 1.57. The Morgan fingerprint density at radius 2 is 1.93 bits per heavy atom. The molecule has 4 rings (SSSR count). The highest BCUT2D eigenvalue weighted by Gasteiger charge is 2.20. The normalized spacial score (nSPS) is 11.0. The Kier molecular flexibility index (Phi) is 4.91. The summed E-state index contributed by atoms with van der Waals surface area (Å²) in [5.74, 6) is 1.55. The second kappa shape index (κ2) is 7.50. The molecule has 1 amide bonds. The number of rotatable bonds is 5. The Morgan fingerprint density at radius 1 is 1.15 bits per heavy atom. The first-order valence-corrected chi connectivity index (χ1v) is 10.1. The van der Waals surface area contributed by atoms with E-state index in [1.54, 1.807) is 18.9 Å². The predicted octanol–water partition coefficient (Wildman–Crippen LogP) is 4.56. The summed E-state index contributed by atoms with van der Waals surface area (Å²) in [6.07, 6.45) is 0. The van der Waals surface area contributed by atoms with Gasteiger partial charge >= 0.3 is 0 Å². The van der Waals surface area contributed by atoms with E-state index in [2.05, 4.69) is 15.1 Å². The minimum absolute atomic E-state index is 0.0983. The lowest BCUT2D eigenvalue weighted by Gasteiger charge is -2.15. The molecule has 0 atom stereocenters. The Bertz CT molecular complexity index is 1070. The molecule has 8 heteroatoms. The van der Waals surface area contributed by atoms with Crippen molar-refractivity contribution in [1.29, 1.82) is 0 Å². The topological polar surface area (TPSA) is 72.1 Å². The number of thiazole rings is 1. The van der Waals surface area contributed by atoms with Gasteiger partial charge in [-0.25, -0.2) is 4.98 Å². The van der Waals surface area contributed by atoms with Crippen LogP contribution in [0.4, 0.5) is 5.13 Å². The second-order valence-electron chi connectivity index (χ2n) is 5.85. The summed E-state index contributed by atoms with van der Waals surface area (Å²) < 4.78 is 6.21. The molecule has 0 unspecified atom stereocenters. The molecule has 0 saturated heterocycles. The van der Waals surface area contributed by atoms with Crippen molar-refractivity contribution in [2.24, 2.45) is 0 Å². The van der Waals surface area contributed by atoms with Crippen molar-refractivity contribution in [3.05, 3.63) is 65.8 Å². The van der Waals surface area contributed by atoms with Gasteiger partial charge in [0.25, 0.3) is 5.91 Å². The van der Waals surface area contributed by atoms with Crippen molar-refractivity contribution in [1.82, 2.24) is 15.1 Å². The summed E-state index contributed by atoms with van der Waals surface area (Å²) in [5.41, 5.74) is 1.52. The van der Waals surface area contributed by atoms with Crippen molar-refractivity contribution in [2.75, 3.05) is 11.9 Å². The molecule has 6 nitrogen and oxygen atoms in total. The van der Waals surface area contributed by atoms with Crippen molar-refractivity contribution in [3.8, 4) is 0 Å². The maximum atomic E-state index is 13.1. The van der Waals surface area contributed by atoms with E-state index >= 15 is 0 Å². The molecular weight excluding hydrogens is 380 g/mol. The van der Waals surface area contributed by atoms with Crippen LogP contribution in [0.2, 0.25) is 0 Å². The summed E-state index contributed by atoms with van der Waals surface area (Å²) in [5, 5.41) is 4.47. The highest BCUT2D eigenvalue weighted by atomic mass is 32.2. The lowest BCUT2D eigenvalue weighted by Crippen LogP contribution is -2.26. The van der Waals surface area contributed by atoms with E-state index < -0.39 is 0 Å². The van der Waals surface area contributed by atoms with Crippen LogP contribution in [0.3, 0.4) is 0 Å². The van der Waals surface area contributed by atoms with Crippen LogP contribution in [0.25, 0.3) is 10.2 Å². The van der Waals surface area contributed by atoms with Gasteiger partial charge in [-0.1, -0.05) is 40.8 Å². The molecule has 0 bridgehead atoms. The molecule has 2 aromatic heterocycles. The number of hydrogen-bond donors (Lipinski definition) is 0. The van der Waals surface area contributed by atoms with Crippen LogP contribution in [-0.2, 0) is 5.75 Å². The van der Waals surface area contributed by atoms with E-state index in [4.69, 9.17) is 4.52 Å². The molecule has 0 aliphatic rings. The lowest BCUT2D eigenvalue weighted by molar-refractivity contribution is 0.0990. The SMILES string of the molecule is Cc1noc(CSc2ccccc2C(=O)N(C)c2nc3ccccc3s2)n1. The Morgan fingerprint density at radius 3 is 2.70 bits per heavy atom. The third-order valence-corrected chi connectivity index (χ3v) is 6.08. The quantitative estimate of drug-likeness (QED) is 0.461. The summed E-state index contributed by atoms with van der Waals surface area (Å²) in [4.78, 5) is 24.3. The van der Waals surface area contributed by atoms with Crippen LogP contribution >= 0.6 is 23.1 Å². The fourth-order valence-electron chi connectivity index (χ4n) is 2.58. The van der Waals surface area contributed by atoms with Gasteiger partial charge in [0.15, 0.2) is 11.0 Å². The molecule has 0 aliphatic carbocycles. The fourth-order valence-corrected chi connectivity index (χ4v) is 4.39. The van der Waals surface area contributed by atoms with Crippen molar-refractivity contribution >= 4 is 44.4 Å². The van der Waals surface area contributed by atoms with E-state index in [1.807, 2.05) is 48.5 Å². The average molecular weight is 396 g/mol. The Labute approximate surface area is 164 Å². The van der Waals surface area contributed by atoms with E-state index in [0.717, 1.165) is 15.1 Å². The third kappa shape index (κ3) is 3.72. The predicted molar refractivity (Wildman–Crippen MR) is 107 cm³/mol. The molecule has 0 radical (unpaired) electrons. The molecule has 0 saturated carbocycles. The molecule has 0 aliphatic heterocycles. The average Bonchev–Trinajstić information content (AvgIpc) is 3.31. The molecule has 0 spiro atoms. The minimum atomic E-state index is -0.0983. The van der Waals surface area contributed by atoms with Gasteiger partial charge in [0.1, 0.15) is 0 Å². The standard InChI is InChI=1S/C19H16N4O2S2/c1-12-20-17(25-22-12)11-26-15-9-5-3-7-13(15)18(24)23(2)19-21-14-8-4-6-10-16(14)27-19/h3-10H,11H2,1-2H3. The summed E-state index contributed by atoms with van der Waals surface area (Å²) in [6, 6.07) is 15.4. The zero-order valence-electron chi connectivity index (χ0n) is 14.7. The number of aryl methyl sites for hydroxylation is 1. The number of thioether (sulfide) groups is 1. The summed E-state index contributed by atoms with van der Waals surface area (Å²) >= 11 is 3.00. The van der Waals surface area contributed by atoms with Gasteiger partial charge in [-0.05, 0) is 31.2 Å². The number of aromatic nitrogens is 3. The zero-order valence-corrected chi connectivity index (χ0v) is 16.4. The lowest BCUT2D eigenvalue weighted by atomic mass is 10.2. The van der Waals surface area contributed by atoms with Gasteiger partial charge in [0.2, 0.25) is 5.89 Å². The Hall–Kier alpha value is -2.71. The number of benzene rings is 2. The van der Waals surface area contributed by atoms with Crippen LogP contribution in [0.5, 0.6) is 0 Å². The summed E-state index contributed by atoms with van der Waals surface area (Å²) in [6.45, 7) is 1.78. The van der Waals surface area contributed by atoms with E-state index in [9.17, 15) is 4.79 Å². The van der Waals surface area contributed by atoms with E-state index in [0.29, 0.717) is 28.2 Å². The number of nitrogens with zero attached hydrogens (tertiary/aromatic N) is 4. The largest absolute Gasteiger partial charge is 0.338 e. The van der Waals surface area contributed by atoms with Gasteiger partial charge in [0, 0.05) is 11.9 Å². The first kappa shape index (κ1) is 17.7. The molecule has 0 N–H and O–H groups in total. The smallest absolute Gasteiger partial charge is 0.260 e. The highest BCUT2D eigenvalue weighted by Crippen LogP contribution is 2.31. The van der Waals surface area contributed by atoms with Crippen molar-refractivity contribution in [3.63, 3.8) is 0 Å². The van der Waals surface area contributed by atoms with Gasteiger partial charge in [-0.3, -0.25) is 9.69 Å². The first-order chi connectivity index (χ1) is 13.1. The molecule has 27 heavy (non-hydrogen) atoms. The van der Waals surface area contributed by atoms with Crippen LogP contribution in [-0.4, -0.2) is 28.1 Å². The van der Waals surface area contributed by atoms with Gasteiger partial charge in [-0.2, -0.15) is 4.98 Å². The van der Waals surface area contributed by atoms with Gasteiger partial charge in [0.05, 0.1) is 21.5 Å². The number of fused-ring (bicyclic) bond motifs is 1. The molecule has 2 aromatic carbocycles. The number of hydrogen-bond acceptors (Lipinski definition) is 7. The third-order valence-electron chi connectivity index (χ3n) is 3.91. The van der Waals surface area contributed by atoms with Crippen LogP contribution in [0, 0.1) is 6.92 Å². The van der Waals surface area contributed by atoms with Crippen LogP contribution < -0.4 is 4.90 Å². The molecule has 4 aromatic rings. The number of carbonyl (C=O) groups excluding carboxylic acids is 1. The van der Waals surface area contributed by atoms with Crippen LogP contribution in [0.1, 0.15) is 22.1 Å². The fraction of sp³-hybridized carbons (Fsp3) is 0.158. The van der Waals surface area contributed by atoms with Crippen molar-refractivity contribution in [2.45, 2.75) is 17.6 Å². The van der Waals surface area contributed by atoms with Gasteiger partial charge in [-0.15, -0.1) is 11.8 Å². The minimum Gasteiger partial charge on any atom is -0.338 e. The molecule has 2 heterocycles. The second-order valence-corrected chi connectivity index (χ2v) is 7.87. The zero-order chi connectivity index (χ0) is 18.8. The van der Waals surface area contributed by atoms with E-state index in [-0.39, 0.29) is 5.91 Å². The first-order valence-electron chi connectivity index (χ1n) is 8.26. The van der Waals surface area contributed by atoms with Gasteiger partial charge < -0.3 is 4.52 Å². The van der Waals surface area contributed by atoms with E-state index in [1.165, 1.54) is 23.1 Å². The van der Waals surface area contributed by atoms with Crippen molar-refractivity contribution < 1.29 is 9.32 Å². The molecular formula is C19H16N4O2S2. The number of para-hydroxylation sites is 1. The maximum Gasteiger partial charge on any atom is 0.260 e. The summed E-state index contributed by atoms with van der Waals surface area (Å²) in [7, 11) is 1.75. The maximum absolute atomic E-state index is 13.1. The number of carbonyl (C=O) groups is 1.